The highest BCUT2D eigenvalue weighted by molar-refractivity contribution is 4.99. The second-order valence-electron chi connectivity index (χ2n) is 4.98. The maximum absolute atomic E-state index is 5.42. The summed E-state index contributed by atoms with van der Waals surface area (Å²) in [4.78, 5) is 2.49. The molecule has 2 rings (SSSR count). The maximum atomic E-state index is 5.42. The zero-order valence-corrected chi connectivity index (χ0v) is 10.3. The second kappa shape index (κ2) is 5.02. The van der Waals surface area contributed by atoms with Crippen molar-refractivity contribution in [1.82, 2.24) is 10.2 Å². The van der Waals surface area contributed by atoms with Gasteiger partial charge in [0.15, 0.2) is 0 Å². The standard InChI is InChI=1S/C13H22N2O/c1-3-13(2)11-15(8-5-7-14-13)10-12-6-4-9-16-12/h4,6,9,14H,3,5,7-8,10-11H2,1-2H3. The van der Waals surface area contributed by atoms with Crippen molar-refractivity contribution in [2.24, 2.45) is 0 Å². The molecule has 0 bridgehead atoms. The maximum Gasteiger partial charge on any atom is 0.117 e. The largest absolute Gasteiger partial charge is 0.468 e. The van der Waals surface area contributed by atoms with E-state index in [-0.39, 0.29) is 5.54 Å². The highest BCUT2D eigenvalue weighted by Gasteiger charge is 2.27. The smallest absolute Gasteiger partial charge is 0.117 e. The van der Waals surface area contributed by atoms with Crippen LogP contribution in [-0.2, 0) is 6.54 Å². The number of nitrogens with zero attached hydrogens (tertiary/aromatic N) is 1. The third-order valence-corrected chi connectivity index (χ3v) is 3.52. The van der Waals surface area contributed by atoms with E-state index in [1.807, 2.05) is 6.07 Å². The van der Waals surface area contributed by atoms with Crippen LogP contribution in [0.25, 0.3) is 0 Å². The van der Waals surface area contributed by atoms with Gasteiger partial charge < -0.3 is 9.73 Å². The van der Waals surface area contributed by atoms with E-state index in [0.717, 1.165) is 31.9 Å². The lowest BCUT2D eigenvalue weighted by Crippen LogP contribution is -2.48. The van der Waals surface area contributed by atoms with Gasteiger partial charge in [-0.05, 0) is 45.0 Å². The van der Waals surface area contributed by atoms with E-state index in [0.29, 0.717) is 0 Å². The molecule has 1 aliphatic heterocycles. The summed E-state index contributed by atoms with van der Waals surface area (Å²) in [6, 6.07) is 4.02. The highest BCUT2D eigenvalue weighted by Crippen LogP contribution is 2.17. The molecule has 2 heterocycles. The molecule has 1 aliphatic rings. The van der Waals surface area contributed by atoms with Gasteiger partial charge in [-0.2, -0.15) is 0 Å². The molecule has 1 saturated heterocycles. The van der Waals surface area contributed by atoms with Crippen molar-refractivity contribution in [3.8, 4) is 0 Å². The minimum absolute atomic E-state index is 0.253. The van der Waals surface area contributed by atoms with Crippen LogP contribution in [0.1, 0.15) is 32.4 Å². The molecule has 1 aromatic heterocycles. The SMILES string of the molecule is CCC1(C)CN(Cc2ccco2)CCCN1. The van der Waals surface area contributed by atoms with Gasteiger partial charge in [0, 0.05) is 12.1 Å². The van der Waals surface area contributed by atoms with Crippen LogP contribution in [0.2, 0.25) is 0 Å². The summed E-state index contributed by atoms with van der Waals surface area (Å²) in [6.07, 6.45) is 4.14. The summed E-state index contributed by atoms with van der Waals surface area (Å²) >= 11 is 0. The van der Waals surface area contributed by atoms with Crippen molar-refractivity contribution >= 4 is 0 Å². The first-order valence-electron chi connectivity index (χ1n) is 6.22. The van der Waals surface area contributed by atoms with E-state index in [1.54, 1.807) is 6.26 Å². The first-order valence-corrected chi connectivity index (χ1v) is 6.22. The van der Waals surface area contributed by atoms with Gasteiger partial charge in [0.2, 0.25) is 0 Å². The highest BCUT2D eigenvalue weighted by atomic mass is 16.3. The van der Waals surface area contributed by atoms with Crippen LogP contribution in [0.15, 0.2) is 22.8 Å². The normalized spacial score (nSPS) is 27.9. The fourth-order valence-corrected chi connectivity index (χ4v) is 2.32. The van der Waals surface area contributed by atoms with Gasteiger partial charge in [-0.1, -0.05) is 6.92 Å². The number of rotatable bonds is 3. The summed E-state index contributed by atoms with van der Waals surface area (Å²) < 4.78 is 5.42. The van der Waals surface area contributed by atoms with Gasteiger partial charge in [-0.3, -0.25) is 4.90 Å². The van der Waals surface area contributed by atoms with Gasteiger partial charge in [-0.15, -0.1) is 0 Å². The molecule has 0 saturated carbocycles. The topological polar surface area (TPSA) is 28.4 Å². The molecule has 0 amide bonds. The van der Waals surface area contributed by atoms with Crippen LogP contribution in [0, 0.1) is 0 Å². The summed E-state index contributed by atoms with van der Waals surface area (Å²) in [5, 5.41) is 3.64. The van der Waals surface area contributed by atoms with E-state index in [4.69, 9.17) is 4.42 Å². The molecular formula is C13H22N2O. The molecule has 1 aromatic rings. The Kier molecular flexibility index (Phi) is 3.66. The summed E-state index contributed by atoms with van der Waals surface area (Å²) in [5.74, 6) is 1.07. The Morgan fingerprint density at radius 3 is 3.12 bits per heavy atom. The zero-order valence-electron chi connectivity index (χ0n) is 10.3. The molecule has 1 fully saturated rings. The van der Waals surface area contributed by atoms with Crippen molar-refractivity contribution < 1.29 is 4.42 Å². The summed E-state index contributed by atoms with van der Waals surface area (Å²) in [7, 11) is 0. The van der Waals surface area contributed by atoms with E-state index in [9.17, 15) is 0 Å². The Hall–Kier alpha value is -0.800. The van der Waals surface area contributed by atoms with E-state index in [1.165, 1.54) is 12.8 Å². The fraction of sp³-hybridized carbons (Fsp3) is 0.692. The van der Waals surface area contributed by atoms with Gasteiger partial charge in [0.05, 0.1) is 12.8 Å². The van der Waals surface area contributed by atoms with Crippen molar-refractivity contribution in [3.63, 3.8) is 0 Å². The van der Waals surface area contributed by atoms with Crippen LogP contribution in [0.3, 0.4) is 0 Å². The van der Waals surface area contributed by atoms with E-state index < -0.39 is 0 Å². The minimum Gasteiger partial charge on any atom is -0.468 e. The molecule has 0 radical (unpaired) electrons. The first kappa shape index (κ1) is 11.7. The molecule has 90 valence electrons. The Morgan fingerprint density at radius 2 is 2.44 bits per heavy atom. The third kappa shape index (κ3) is 2.86. The van der Waals surface area contributed by atoms with Gasteiger partial charge in [0.1, 0.15) is 5.76 Å². The Labute approximate surface area is 97.8 Å². The third-order valence-electron chi connectivity index (χ3n) is 3.52. The zero-order chi connectivity index (χ0) is 11.4. The molecule has 3 heteroatoms. The molecule has 1 unspecified atom stereocenters. The van der Waals surface area contributed by atoms with Crippen molar-refractivity contribution in [2.75, 3.05) is 19.6 Å². The van der Waals surface area contributed by atoms with Crippen molar-refractivity contribution in [2.45, 2.75) is 38.8 Å². The molecule has 0 aromatic carbocycles. The Bertz CT molecular complexity index is 310. The lowest BCUT2D eigenvalue weighted by Gasteiger charge is -2.32. The van der Waals surface area contributed by atoms with Crippen molar-refractivity contribution in [3.05, 3.63) is 24.2 Å². The number of nitrogens with one attached hydrogen (secondary N) is 1. The molecule has 0 spiro atoms. The average molecular weight is 222 g/mol. The summed E-state index contributed by atoms with van der Waals surface area (Å²) in [6.45, 7) is 8.88. The number of hydrogen-bond donors (Lipinski definition) is 1. The van der Waals surface area contributed by atoms with Crippen LogP contribution in [0.4, 0.5) is 0 Å². The van der Waals surface area contributed by atoms with Crippen molar-refractivity contribution in [1.29, 1.82) is 0 Å². The predicted molar refractivity (Wildman–Crippen MR) is 65.3 cm³/mol. The molecule has 3 nitrogen and oxygen atoms in total. The second-order valence-corrected chi connectivity index (χ2v) is 4.98. The van der Waals surface area contributed by atoms with Crippen LogP contribution < -0.4 is 5.32 Å². The molecule has 16 heavy (non-hydrogen) atoms. The van der Waals surface area contributed by atoms with Crippen LogP contribution >= 0.6 is 0 Å². The quantitative estimate of drug-likeness (QED) is 0.850. The monoisotopic (exact) mass is 222 g/mol. The minimum atomic E-state index is 0.253. The van der Waals surface area contributed by atoms with Crippen LogP contribution in [-0.4, -0.2) is 30.1 Å². The van der Waals surface area contributed by atoms with E-state index in [2.05, 4.69) is 30.1 Å². The average Bonchev–Trinajstić information content (AvgIpc) is 2.69. The first-order chi connectivity index (χ1) is 7.72. The van der Waals surface area contributed by atoms with Gasteiger partial charge >= 0.3 is 0 Å². The lowest BCUT2D eigenvalue weighted by atomic mass is 9.98. The number of furan rings is 1. The Morgan fingerprint density at radius 1 is 1.56 bits per heavy atom. The molecule has 1 atom stereocenters. The van der Waals surface area contributed by atoms with Gasteiger partial charge in [-0.25, -0.2) is 0 Å². The fourth-order valence-electron chi connectivity index (χ4n) is 2.32. The number of hydrogen-bond acceptors (Lipinski definition) is 3. The van der Waals surface area contributed by atoms with Gasteiger partial charge in [0.25, 0.3) is 0 Å². The molecular weight excluding hydrogens is 200 g/mol. The van der Waals surface area contributed by atoms with E-state index >= 15 is 0 Å². The summed E-state index contributed by atoms with van der Waals surface area (Å²) in [5.41, 5.74) is 0.253. The lowest BCUT2D eigenvalue weighted by molar-refractivity contribution is 0.196. The van der Waals surface area contributed by atoms with Crippen LogP contribution in [0.5, 0.6) is 0 Å². The molecule has 1 N–H and O–H groups in total. The predicted octanol–water partition coefficient (Wildman–Crippen LogP) is 2.24. The molecule has 0 aliphatic carbocycles. The Balaban J connectivity index is 1.98.